The van der Waals surface area contributed by atoms with Crippen molar-refractivity contribution in [2.45, 2.75) is 26.4 Å². The standard InChI is InChI=1S/C19H21N5OS/c1-19(2)13-23(17(19)15-5-3-10-26-15)18(25)21-12-14-6-8-20-16(11-14)24-9-4-7-22-24/h3-11,17H,12-13H2,1-2H3,(H,21,25). The number of nitrogens with zero attached hydrogens (tertiary/aromatic N) is 4. The average molecular weight is 367 g/mol. The molecular weight excluding hydrogens is 346 g/mol. The molecule has 7 heteroatoms. The third-order valence-electron chi connectivity index (χ3n) is 4.70. The van der Waals surface area contributed by atoms with E-state index in [1.165, 1.54) is 4.88 Å². The van der Waals surface area contributed by atoms with Gasteiger partial charge in [0.15, 0.2) is 5.82 Å². The van der Waals surface area contributed by atoms with E-state index in [1.807, 2.05) is 35.4 Å². The molecule has 1 saturated heterocycles. The summed E-state index contributed by atoms with van der Waals surface area (Å²) in [6.45, 7) is 5.64. The van der Waals surface area contributed by atoms with Gasteiger partial charge in [-0.25, -0.2) is 14.5 Å². The first-order valence-corrected chi connectivity index (χ1v) is 9.45. The Morgan fingerprint density at radius 3 is 2.92 bits per heavy atom. The van der Waals surface area contributed by atoms with Crippen LogP contribution in [-0.2, 0) is 6.54 Å². The van der Waals surface area contributed by atoms with E-state index in [9.17, 15) is 4.79 Å². The lowest BCUT2D eigenvalue weighted by Crippen LogP contribution is -2.60. The molecule has 3 aromatic heterocycles. The highest BCUT2D eigenvalue weighted by Gasteiger charge is 2.49. The quantitative estimate of drug-likeness (QED) is 0.766. The maximum atomic E-state index is 12.7. The number of carbonyl (C=O) groups is 1. The van der Waals surface area contributed by atoms with Gasteiger partial charge in [0.1, 0.15) is 0 Å². The van der Waals surface area contributed by atoms with Gasteiger partial charge in [0.2, 0.25) is 0 Å². The van der Waals surface area contributed by atoms with E-state index in [0.29, 0.717) is 6.54 Å². The lowest BCUT2D eigenvalue weighted by Gasteiger charge is -2.53. The van der Waals surface area contributed by atoms with E-state index >= 15 is 0 Å². The van der Waals surface area contributed by atoms with Gasteiger partial charge in [0.25, 0.3) is 0 Å². The fourth-order valence-electron chi connectivity index (χ4n) is 3.48. The first-order valence-electron chi connectivity index (χ1n) is 8.57. The number of pyridine rings is 1. The molecule has 6 nitrogen and oxygen atoms in total. The molecule has 0 radical (unpaired) electrons. The highest BCUT2D eigenvalue weighted by Crippen LogP contribution is 2.49. The molecule has 134 valence electrons. The molecular formula is C19H21N5OS. The summed E-state index contributed by atoms with van der Waals surface area (Å²) in [4.78, 5) is 20.2. The third kappa shape index (κ3) is 3.10. The van der Waals surface area contributed by atoms with Crippen molar-refractivity contribution in [2.24, 2.45) is 5.41 Å². The van der Waals surface area contributed by atoms with Gasteiger partial charge in [0, 0.05) is 42.0 Å². The van der Waals surface area contributed by atoms with Gasteiger partial charge in [-0.05, 0) is 35.2 Å². The van der Waals surface area contributed by atoms with Crippen molar-refractivity contribution in [2.75, 3.05) is 6.54 Å². The predicted octanol–water partition coefficient (Wildman–Crippen LogP) is 3.62. The average Bonchev–Trinajstić information content (AvgIpc) is 3.32. The highest BCUT2D eigenvalue weighted by molar-refractivity contribution is 7.10. The normalized spacial score (nSPS) is 18.4. The number of amides is 2. The number of hydrogen-bond donors (Lipinski definition) is 1. The maximum absolute atomic E-state index is 12.7. The van der Waals surface area contributed by atoms with E-state index in [4.69, 9.17) is 0 Å². The van der Waals surface area contributed by atoms with E-state index in [-0.39, 0.29) is 17.5 Å². The van der Waals surface area contributed by atoms with Crippen molar-refractivity contribution in [3.8, 4) is 5.82 Å². The second-order valence-electron chi connectivity index (χ2n) is 7.17. The Balaban J connectivity index is 1.42. The zero-order valence-electron chi connectivity index (χ0n) is 14.8. The van der Waals surface area contributed by atoms with E-state index in [2.05, 4.69) is 40.7 Å². The smallest absolute Gasteiger partial charge is 0.318 e. The summed E-state index contributed by atoms with van der Waals surface area (Å²) in [5.41, 5.74) is 1.10. The van der Waals surface area contributed by atoms with Crippen LogP contribution < -0.4 is 5.32 Å². The van der Waals surface area contributed by atoms with Crippen LogP contribution in [0.4, 0.5) is 4.79 Å². The number of urea groups is 1. The minimum Gasteiger partial charge on any atom is -0.334 e. The van der Waals surface area contributed by atoms with Crippen molar-refractivity contribution >= 4 is 17.4 Å². The Hall–Kier alpha value is -2.67. The Kier molecular flexibility index (Phi) is 4.24. The molecule has 4 rings (SSSR count). The molecule has 1 aliphatic rings. The van der Waals surface area contributed by atoms with Gasteiger partial charge < -0.3 is 10.2 Å². The Labute approximate surface area is 156 Å². The summed E-state index contributed by atoms with van der Waals surface area (Å²) in [5, 5.41) is 9.29. The summed E-state index contributed by atoms with van der Waals surface area (Å²) in [6.07, 6.45) is 5.30. The van der Waals surface area contributed by atoms with E-state index in [0.717, 1.165) is 17.9 Å². The number of likely N-dealkylation sites (tertiary alicyclic amines) is 1. The summed E-state index contributed by atoms with van der Waals surface area (Å²) in [7, 11) is 0. The lowest BCUT2D eigenvalue weighted by atomic mass is 9.74. The molecule has 1 atom stereocenters. The predicted molar refractivity (Wildman–Crippen MR) is 101 cm³/mol. The summed E-state index contributed by atoms with van der Waals surface area (Å²) in [6, 6.07) is 9.95. The van der Waals surface area contributed by atoms with E-state index in [1.54, 1.807) is 28.4 Å². The summed E-state index contributed by atoms with van der Waals surface area (Å²) < 4.78 is 1.70. The Morgan fingerprint density at radius 1 is 1.35 bits per heavy atom. The fraction of sp³-hybridized carbons (Fsp3) is 0.316. The van der Waals surface area contributed by atoms with Crippen LogP contribution in [0, 0.1) is 5.41 Å². The second-order valence-corrected chi connectivity index (χ2v) is 8.15. The number of thiophene rings is 1. The van der Waals surface area contributed by atoms with Gasteiger partial charge in [-0.3, -0.25) is 0 Å². The van der Waals surface area contributed by atoms with Crippen LogP contribution >= 0.6 is 11.3 Å². The van der Waals surface area contributed by atoms with E-state index < -0.39 is 0 Å². The van der Waals surface area contributed by atoms with Crippen LogP contribution in [0.2, 0.25) is 0 Å². The van der Waals surface area contributed by atoms with Crippen LogP contribution in [0.15, 0.2) is 54.3 Å². The van der Waals surface area contributed by atoms with Crippen molar-refractivity contribution in [3.05, 3.63) is 64.7 Å². The molecule has 3 aromatic rings. The molecule has 1 unspecified atom stereocenters. The van der Waals surface area contributed by atoms with Gasteiger partial charge in [-0.2, -0.15) is 5.10 Å². The molecule has 26 heavy (non-hydrogen) atoms. The number of nitrogens with one attached hydrogen (secondary N) is 1. The molecule has 0 bridgehead atoms. The van der Waals surface area contributed by atoms with Crippen LogP contribution in [-0.4, -0.2) is 32.2 Å². The van der Waals surface area contributed by atoms with Gasteiger partial charge in [0.05, 0.1) is 6.04 Å². The van der Waals surface area contributed by atoms with Crippen LogP contribution in [0.25, 0.3) is 5.82 Å². The monoisotopic (exact) mass is 367 g/mol. The Morgan fingerprint density at radius 2 is 2.23 bits per heavy atom. The van der Waals surface area contributed by atoms with Crippen molar-refractivity contribution < 1.29 is 4.79 Å². The number of carbonyl (C=O) groups excluding carboxylic acids is 1. The molecule has 1 fully saturated rings. The number of aromatic nitrogens is 3. The summed E-state index contributed by atoms with van der Waals surface area (Å²) >= 11 is 1.71. The van der Waals surface area contributed by atoms with Crippen LogP contribution in [0.1, 0.15) is 30.3 Å². The second kappa shape index (κ2) is 6.57. The minimum atomic E-state index is -0.0276. The van der Waals surface area contributed by atoms with Crippen molar-refractivity contribution in [3.63, 3.8) is 0 Å². The van der Waals surface area contributed by atoms with Gasteiger partial charge in [-0.1, -0.05) is 19.9 Å². The molecule has 0 spiro atoms. The summed E-state index contributed by atoms with van der Waals surface area (Å²) in [5.74, 6) is 0.739. The van der Waals surface area contributed by atoms with Crippen molar-refractivity contribution in [1.29, 1.82) is 0 Å². The largest absolute Gasteiger partial charge is 0.334 e. The molecule has 0 aromatic carbocycles. The molecule has 1 N–H and O–H groups in total. The lowest BCUT2D eigenvalue weighted by molar-refractivity contribution is -0.0144. The van der Waals surface area contributed by atoms with Crippen LogP contribution in [0.5, 0.6) is 0 Å². The zero-order valence-corrected chi connectivity index (χ0v) is 15.6. The third-order valence-corrected chi connectivity index (χ3v) is 5.62. The van der Waals surface area contributed by atoms with Crippen LogP contribution in [0.3, 0.4) is 0 Å². The van der Waals surface area contributed by atoms with Gasteiger partial charge >= 0.3 is 6.03 Å². The van der Waals surface area contributed by atoms with Gasteiger partial charge in [-0.15, -0.1) is 11.3 Å². The molecule has 1 aliphatic heterocycles. The maximum Gasteiger partial charge on any atom is 0.318 e. The molecule has 2 amide bonds. The first kappa shape index (κ1) is 16.8. The number of hydrogen-bond acceptors (Lipinski definition) is 4. The molecule has 4 heterocycles. The van der Waals surface area contributed by atoms with Crippen molar-refractivity contribution in [1.82, 2.24) is 25.0 Å². The zero-order chi connectivity index (χ0) is 18.1. The minimum absolute atomic E-state index is 0.0276. The Bertz CT molecular complexity index is 889. The molecule has 0 aliphatic carbocycles. The SMILES string of the molecule is CC1(C)CN(C(=O)NCc2ccnc(-n3cccn3)c2)C1c1cccs1. The topological polar surface area (TPSA) is 63.1 Å². The molecule has 0 saturated carbocycles. The first-order chi connectivity index (χ1) is 12.5. The fourth-order valence-corrected chi connectivity index (χ4v) is 4.53. The number of rotatable bonds is 4. The highest BCUT2D eigenvalue weighted by atomic mass is 32.1.